The molecule has 0 aliphatic rings. The summed E-state index contributed by atoms with van der Waals surface area (Å²) in [5, 5.41) is 6.41. The normalized spacial score (nSPS) is 10.6. The summed E-state index contributed by atoms with van der Waals surface area (Å²) in [6, 6.07) is 7.72. The van der Waals surface area contributed by atoms with E-state index in [4.69, 9.17) is 9.47 Å². The molecule has 0 aliphatic carbocycles. The molecule has 0 atom stereocenters. The van der Waals surface area contributed by atoms with Crippen LogP contribution in [0.2, 0.25) is 0 Å². The third-order valence-electron chi connectivity index (χ3n) is 2.81. The number of nitrogens with one attached hydrogen (secondary N) is 1. The lowest BCUT2D eigenvalue weighted by Gasteiger charge is -2.07. The maximum atomic E-state index is 5.74. The molecule has 1 aromatic carbocycles. The van der Waals surface area contributed by atoms with Crippen molar-refractivity contribution in [2.75, 3.05) is 13.2 Å². The number of rotatable bonds is 9. The number of hydrogen-bond acceptors (Lipinski definition) is 5. The zero-order valence-electron chi connectivity index (χ0n) is 12.6. The average Bonchev–Trinajstić information content (AvgIpc) is 2.98. The molecule has 0 radical (unpaired) electrons. The van der Waals surface area contributed by atoms with Gasteiger partial charge in [-0.3, -0.25) is 0 Å². The molecule has 0 saturated heterocycles. The van der Waals surface area contributed by atoms with Gasteiger partial charge >= 0.3 is 0 Å². The van der Waals surface area contributed by atoms with Gasteiger partial charge in [-0.1, -0.05) is 13.8 Å². The van der Waals surface area contributed by atoms with E-state index in [0.717, 1.165) is 48.3 Å². The highest BCUT2D eigenvalue weighted by Gasteiger charge is 2.03. The Labute approximate surface area is 130 Å². The van der Waals surface area contributed by atoms with Crippen LogP contribution in [0.5, 0.6) is 11.5 Å². The van der Waals surface area contributed by atoms with Gasteiger partial charge in [0.15, 0.2) is 0 Å². The summed E-state index contributed by atoms with van der Waals surface area (Å²) < 4.78 is 11.3. The van der Waals surface area contributed by atoms with E-state index in [9.17, 15) is 0 Å². The van der Waals surface area contributed by atoms with Gasteiger partial charge in [-0.2, -0.15) is 0 Å². The molecular formula is C16H22N2O2S. The van der Waals surface area contributed by atoms with Crippen molar-refractivity contribution in [2.45, 2.75) is 33.4 Å². The van der Waals surface area contributed by atoms with Crippen LogP contribution in [0.25, 0.3) is 0 Å². The summed E-state index contributed by atoms with van der Waals surface area (Å²) in [6.07, 6.45) is 1.01. The highest BCUT2D eigenvalue weighted by molar-refractivity contribution is 7.09. The van der Waals surface area contributed by atoms with Crippen molar-refractivity contribution in [3.63, 3.8) is 0 Å². The molecule has 1 heterocycles. The van der Waals surface area contributed by atoms with Gasteiger partial charge in [-0.05, 0) is 37.2 Å². The lowest BCUT2D eigenvalue weighted by molar-refractivity contribution is 0.298. The van der Waals surface area contributed by atoms with Crippen molar-refractivity contribution < 1.29 is 9.47 Å². The van der Waals surface area contributed by atoms with Crippen LogP contribution in [0, 0.1) is 0 Å². The molecule has 0 fully saturated rings. The minimum absolute atomic E-state index is 0.498. The molecule has 0 amide bonds. The fourth-order valence-corrected chi connectivity index (χ4v) is 2.49. The summed E-state index contributed by atoms with van der Waals surface area (Å²) in [6.45, 7) is 7.20. The number of hydrogen-bond donors (Lipinski definition) is 1. The molecule has 1 aromatic heterocycles. The fraction of sp³-hybridized carbons (Fsp3) is 0.438. The van der Waals surface area contributed by atoms with Gasteiger partial charge in [0.25, 0.3) is 0 Å². The summed E-state index contributed by atoms with van der Waals surface area (Å²) >= 11 is 1.66. The minimum atomic E-state index is 0.498. The van der Waals surface area contributed by atoms with Crippen molar-refractivity contribution in [1.82, 2.24) is 10.3 Å². The van der Waals surface area contributed by atoms with E-state index in [1.54, 1.807) is 11.3 Å². The fourth-order valence-electron chi connectivity index (χ4n) is 1.74. The van der Waals surface area contributed by atoms with Crippen LogP contribution in [0.15, 0.2) is 29.6 Å². The van der Waals surface area contributed by atoms with E-state index in [-0.39, 0.29) is 0 Å². The van der Waals surface area contributed by atoms with Crippen LogP contribution in [0.3, 0.4) is 0 Å². The van der Waals surface area contributed by atoms with E-state index in [1.807, 2.05) is 29.6 Å². The quantitative estimate of drug-likeness (QED) is 0.768. The second-order valence-electron chi connectivity index (χ2n) is 4.62. The van der Waals surface area contributed by atoms with Gasteiger partial charge in [0.05, 0.1) is 12.3 Å². The number of ether oxygens (including phenoxy) is 2. The maximum absolute atomic E-state index is 5.74. The molecule has 0 bridgehead atoms. The SMILES string of the molecule is CCCOc1ccc(OCc2csc(CNCC)n2)cc1. The lowest BCUT2D eigenvalue weighted by Crippen LogP contribution is -2.11. The first-order valence-electron chi connectivity index (χ1n) is 7.31. The van der Waals surface area contributed by atoms with Crippen LogP contribution in [0.4, 0.5) is 0 Å². The Bertz CT molecular complexity index is 525. The smallest absolute Gasteiger partial charge is 0.131 e. The summed E-state index contributed by atoms with van der Waals surface area (Å²) in [5.41, 5.74) is 0.971. The minimum Gasteiger partial charge on any atom is -0.494 e. The van der Waals surface area contributed by atoms with Crippen LogP contribution in [-0.4, -0.2) is 18.1 Å². The van der Waals surface area contributed by atoms with Crippen LogP contribution < -0.4 is 14.8 Å². The number of aromatic nitrogens is 1. The largest absolute Gasteiger partial charge is 0.494 e. The average molecular weight is 306 g/mol. The van der Waals surface area contributed by atoms with Crippen LogP contribution in [-0.2, 0) is 13.2 Å². The monoisotopic (exact) mass is 306 g/mol. The molecule has 5 heteroatoms. The zero-order chi connectivity index (χ0) is 14.9. The predicted octanol–water partition coefficient (Wildman–Crippen LogP) is 3.62. The van der Waals surface area contributed by atoms with E-state index in [2.05, 4.69) is 24.1 Å². The summed E-state index contributed by atoms with van der Waals surface area (Å²) in [4.78, 5) is 4.53. The Hall–Kier alpha value is -1.59. The molecule has 21 heavy (non-hydrogen) atoms. The van der Waals surface area contributed by atoms with Crippen molar-refractivity contribution in [1.29, 1.82) is 0 Å². The van der Waals surface area contributed by atoms with E-state index >= 15 is 0 Å². The van der Waals surface area contributed by atoms with Crippen molar-refractivity contribution in [3.05, 3.63) is 40.3 Å². The highest BCUT2D eigenvalue weighted by atomic mass is 32.1. The number of thiazole rings is 1. The Morgan fingerprint density at radius 2 is 1.81 bits per heavy atom. The first-order chi connectivity index (χ1) is 10.3. The molecule has 0 saturated carbocycles. The Morgan fingerprint density at radius 3 is 2.48 bits per heavy atom. The molecule has 0 unspecified atom stereocenters. The first-order valence-corrected chi connectivity index (χ1v) is 8.19. The molecule has 0 aliphatic heterocycles. The summed E-state index contributed by atoms with van der Waals surface area (Å²) in [5.74, 6) is 1.71. The zero-order valence-corrected chi connectivity index (χ0v) is 13.4. The van der Waals surface area contributed by atoms with Crippen molar-refractivity contribution in [2.24, 2.45) is 0 Å². The molecule has 2 rings (SSSR count). The van der Waals surface area contributed by atoms with Crippen molar-refractivity contribution >= 4 is 11.3 Å². The third kappa shape index (κ3) is 5.36. The number of benzene rings is 1. The second-order valence-corrected chi connectivity index (χ2v) is 5.56. The van der Waals surface area contributed by atoms with E-state index in [0.29, 0.717) is 6.61 Å². The topological polar surface area (TPSA) is 43.4 Å². The predicted molar refractivity (Wildman–Crippen MR) is 86.1 cm³/mol. The van der Waals surface area contributed by atoms with Gasteiger partial charge in [-0.25, -0.2) is 4.98 Å². The van der Waals surface area contributed by atoms with Gasteiger partial charge in [0, 0.05) is 11.9 Å². The van der Waals surface area contributed by atoms with Gasteiger partial charge in [0.2, 0.25) is 0 Å². The second kappa shape index (κ2) is 8.64. The molecule has 114 valence electrons. The first kappa shape index (κ1) is 15.8. The van der Waals surface area contributed by atoms with Crippen LogP contribution in [0.1, 0.15) is 31.0 Å². The van der Waals surface area contributed by atoms with E-state index in [1.165, 1.54) is 0 Å². The van der Waals surface area contributed by atoms with Crippen LogP contribution >= 0.6 is 11.3 Å². The highest BCUT2D eigenvalue weighted by Crippen LogP contribution is 2.19. The Morgan fingerprint density at radius 1 is 1.10 bits per heavy atom. The maximum Gasteiger partial charge on any atom is 0.131 e. The molecule has 1 N–H and O–H groups in total. The summed E-state index contributed by atoms with van der Waals surface area (Å²) in [7, 11) is 0. The lowest BCUT2D eigenvalue weighted by atomic mass is 10.3. The standard InChI is InChI=1S/C16H22N2O2S/c1-3-9-19-14-5-7-15(8-6-14)20-11-13-12-21-16(18-13)10-17-4-2/h5-8,12,17H,3-4,9-11H2,1-2H3. The molecular weight excluding hydrogens is 284 g/mol. The number of nitrogens with zero attached hydrogens (tertiary/aromatic N) is 1. The van der Waals surface area contributed by atoms with Gasteiger partial charge in [0.1, 0.15) is 23.1 Å². The Balaban J connectivity index is 1.80. The van der Waals surface area contributed by atoms with Gasteiger partial charge in [-0.15, -0.1) is 11.3 Å². The molecule has 0 spiro atoms. The van der Waals surface area contributed by atoms with Gasteiger partial charge < -0.3 is 14.8 Å². The molecule has 4 nitrogen and oxygen atoms in total. The third-order valence-corrected chi connectivity index (χ3v) is 3.71. The van der Waals surface area contributed by atoms with E-state index < -0.39 is 0 Å². The Kier molecular flexibility index (Phi) is 6.50. The van der Waals surface area contributed by atoms with Crippen molar-refractivity contribution in [3.8, 4) is 11.5 Å². The molecule has 2 aromatic rings.